The normalized spacial score (nSPS) is 31.1. The van der Waals surface area contributed by atoms with Gasteiger partial charge in [-0.15, -0.1) is 0 Å². The molecule has 3 aliphatic carbocycles. The Morgan fingerprint density at radius 2 is 1.91 bits per heavy atom. The zero-order valence-corrected chi connectivity index (χ0v) is 21.6. The van der Waals surface area contributed by atoms with Crippen LogP contribution in [0.5, 0.6) is 0 Å². The topological polar surface area (TPSA) is 0 Å². The van der Waals surface area contributed by atoms with E-state index in [1.165, 1.54) is 36.6 Å². The van der Waals surface area contributed by atoms with Gasteiger partial charge in [0.1, 0.15) is 0 Å². The van der Waals surface area contributed by atoms with Crippen LogP contribution in [0, 0.1) is 30.6 Å². The lowest BCUT2D eigenvalue weighted by Gasteiger charge is -2.42. The van der Waals surface area contributed by atoms with Crippen molar-refractivity contribution in [1.82, 2.24) is 0 Å². The summed E-state index contributed by atoms with van der Waals surface area (Å²) in [5.41, 5.74) is 8.95. The van der Waals surface area contributed by atoms with Crippen LogP contribution in [0.15, 0.2) is 48.1 Å². The van der Waals surface area contributed by atoms with Crippen molar-refractivity contribution >= 4 is 24.4 Å². The number of hydrogen-bond acceptors (Lipinski definition) is 0. The molecule has 2 aromatic rings. The minimum atomic E-state index is -1.23. The van der Waals surface area contributed by atoms with Gasteiger partial charge >= 0.3 is 0 Å². The summed E-state index contributed by atoms with van der Waals surface area (Å²) >= 11 is 0. The third-order valence-corrected chi connectivity index (χ3v) is 16.7. The van der Waals surface area contributed by atoms with Crippen LogP contribution in [-0.2, 0) is 6.42 Å². The Morgan fingerprint density at radius 1 is 1.09 bits per heavy atom. The van der Waals surface area contributed by atoms with Crippen molar-refractivity contribution in [1.29, 1.82) is 0 Å². The molecule has 1 heterocycles. The molecule has 6 rings (SSSR count). The number of fused-ring (bicyclic) bond motifs is 3. The molecule has 2 fully saturated rings. The van der Waals surface area contributed by atoms with E-state index >= 15 is 0 Å². The highest BCUT2D eigenvalue weighted by atomic mass is 28.3. The lowest BCUT2D eigenvalue weighted by molar-refractivity contribution is 0.527. The predicted molar refractivity (Wildman–Crippen MR) is 142 cm³/mol. The molecule has 0 spiro atoms. The SMILES string of the molecule is CCC(C)C[Si]1(C2C(C)CC3C4=C(C=CC32)Cc2cccc3c(C)ccc4c23)CCCC1. The van der Waals surface area contributed by atoms with Gasteiger partial charge in [-0.05, 0) is 87.6 Å². The number of aryl methyl sites for hydroxylation is 1. The van der Waals surface area contributed by atoms with Crippen LogP contribution in [0.4, 0.5) is 0 Å². The van der Waals surface area contributed by atoms with Crippen LogP contribution >= 0.6 is 0 Å². The van der Waals surface area contributed by atoms with E-state index in [2.05, 4.69) is 70.2 Å². The fraction of sp³-hybridized carbons (Fsp3) is 0.548. The maximum absolute atomic E-state index is 2.72. The van der Waals surface area contributed by atoms with Crippen LogP contribution in [0.3, 0.4) is 0 Å². The summed E-state index contributed by atoms with van der Waals surface area (Å²) in [7, 11) is -1.23. The third-order valence-electron chi connectivity index (χ3n) is 10.1. The molecule has 0 aromatic heterocycles. The first kappa shape index (κ1) is 21.0. The van der Waals surface area contributed by atoms with Gasteiger partial charge in [-0.25, -0.2) is 0 Å². The Bertz CT molecular complexity index is 1110. The molecule has 1 saturated heterocycles. The lowest BCUT2D eigenvalue weighted by Crippen LogP contribution is -2.42. The molecule has 1 saturated carbocycles. The molecular formula is C31H40Si. The van der Waals surface area contributed by atoms with Gasteiger partial charge in [-0.3, -0.25) is 0 Å². The smallest absolute Gasteiger partial charge is 0.0578 e. The molecule has 168 valence electrons. The molecule has 32 heavy (non-hydrogen) atoms. The van der Waals surface area contributed by atoms with Crippen molar-refractivity contribution in [2.45, 2.75) is 83.5 Å². The molecule has 0 radical (unpaired) electrons. The Labute approximate surface area is 196 Å². The van der Waals surface area contributed by atoms with Gasteiger partial charge in [0.2, 0.25) is 0 Å². The van der Waals surface area contributed by atoms with Gasteiger partial charge in [-0.2, -0.15) is 0 Å². The minimum absolute atomic E-state index is 0.760. The Kier molecular flexibility index (Phi) is 5.06. The molecule has 2 aromatic carbocycles. The first-order valence-corrected chi connectivity index (χ1v) is 16.1. The zero-order chi connectivity index (χ0) is 22.0. The number of hydrogen-bond donors (Lipinski definition) is 0. The lowest BCUT2D eigenvalue weighted by atomic mass is 9.72. The summed E-state index contributed by atoms with van der Waals surface area (Å²) in [6.07, 6.45) is 12.3. The van der Waals surface area contributed by atoms with Crippen molar-refractivity contribution in [2.24, 2.45) is 23.7 Å². The van der Waals surface area contributed by atoms with E-state index in [9.17, 15) is 0 Å². The summed E-state index contributed by atoms with van der Waals surface area (Å²) in [6, 6.07) is 16.7. The second-order valence-corrected chi connectivity index (χ2v) is 16.8. The largest absolute Gasteiger partial charge is 0.0805 e. The Balaban J connectivity index is 1.44. The number of allylic oxidation sites excluding steroid dienone is 4. The summed E-state index contributed by atoms with van der Waals surface area (Å²) < 4.78 is 0. The molecule has 0 amide bonds. The van der Waals surface area contributed by atoms with Crippen molar-refractivity contribution in [2.75, 3.05) is 0 Å². The van der Waals surface area contributed by atoms with E-state index in [4.69, 9.17) is 0 Å². The predicted octanol–water partition coefficient (Wildman–Crippen LogP) is 8.96. The van der Waals surface area contributed by atoms with Gasteiger partial charge in [0, 0.05) is 0 Å². The van der Waals surface area contributed by atoms with Crippen LogP contribution in [0.25, 0.3) is 16.3 Å². The van der Waals surface area contributed by atoms with Crippen molar-refractivity contribution < 1.29 is 0 Å². The van der Waals surface area contributed by atoms with Gasteiger partial charge in [0.05, 0.1) is 8.07 Å². The van der Waals surface area contributed by atoms with E-state index in [1.54, 1.807) is 45.8 Å². The Morgan fingerprint density at radius 3 is 2.69 bits per heavy atom. The van der Waals surface area contributed by atoms with E-state index in [1.807, 2.05) is 0 Å². The second-order valence-electron chi connectivity index (χ2n) is 12.0. The fourth-order valence-electron chi connectivity index (χ4n) is 8.79. The van der Waals surface area contributed by atoms with Crippen LogP contribution in [0.1, 0.15) is 63.1 Å². The first-order valence-electron chi connectivity index (χ1n) is 13.4. The van der Waals surface area contributed by atoms with E-state index in [-0.39, 0.29) is 0 Å². The van der Waals surface area contributed by atoms with Crippen molar-refractivity contribution in [3.05, 3.63) is 64.7 Å². The quantitative estimate of drug-likeness (QED) is 0.416. The first-order chi connectivity index (χ1) is 15.5. The fourth-order valence-corrected chi connectivity index (χ4v) is 16.5. The third kappa shape index (κ3) is 2.99. The average molecular weight is 441 g/mol. The van der Waals surface area contributed by atoms with E-state index in [0.29, 0.717) is 0 Å². The van der Waals surface area contributed by atoms with Crippen LogP contribution in [-0.4, -0.2) is 8.07 Å². The maximum Gasteiger partial charge on any atom is 0.0578 e. The van der Waals surface area contributed by atoms with Gasteiger partial charge in [-0.1, -0.05) is 101 Å². The molecular weight excluding hydrogens is 400 g/mol. The van der Waals surface area contributed by atoms with E-state index < -0.39 is 8.07 Å². The number of benzene rings is 2. The zero-order valence-electron chi connectivity index (χ0n) is 20.6. The van der Waals surface area contributed by atoms with Gasteiger partial charge in [0.15, 0.2) is 0 Å². The highest BCUT2D eigenvalue weighted by molar-refractivity contribution is 6.82. The van der Waals surface area contributed by atoms with E-state index in [0.717, 1.165) is 35.6 Å². The number of rotatable bonds is 4. The van der Waals surface area contributed by atoms with Gasteiger partial charge < -0.3 is 0 Å². The summed E-state index contributed by atoms with van der Waals surface area (Å²) in [5.74, 6) is 3.38. The highest BCUT2D eigenvalue weighted by Gasteiger charge is 2.55. The highest BCUT2D eigenvalue weighted by Crippen LogP contribution is 2.63. The summed E-state index contributed by atoms with van der Waals surface area (Å²) in [4.78, 5) is 0. The standard InChI is InChI=1S/C31H40Si/c1-5-20(2)19-32(15-6-7-16-32)31-22(4)17-28-26(31)14-12-24-18-23-9-8-10-25-21(3)11-13-27(29(23)25)30(24)28/h8-14,20,22,26,28,31H,5-7,15-19H2,1-4H3. The molecule has 4 aliphatic rings. The van der Waals surface area contributed by atoms with Crippen LogP contribution in [0.2, 0.25) is 23.7 Å². The molecule has 1 heteroatoms. The monoisotopic (exact) mass is 440 g/mol. The van der Waals surface area contributed by atoms with Crippen molar-refractivity contribution in [3.8, 4) is 0 Å². The molecule has 0 N–H and O–H groups in total. The summed E-state index contributed by atoms with van der Waals surface area (Å²) in [6.45, 7) is 9.89. The molecule has 1 aliphatic heterocycles. The van der Waals surface area contributed by atoms with Gasteiger partial charge in [0.25, 0.3) is 0 Å². The molecule has 0 bridgehead atoms. The molecule has 0 nitrogen and oxygen atoms in total. The minimum Gasteiger partial charge on any atom is -0.0805 e. The van der Waals surface area contributed by atoms with Crippen LogP contribution < -0.4 is 0 Å². The molecule has 5 atom stereocenters. The second kappa shape index (κ2) is 7.72. The molecule has 5 unspecified atom stereocenters. The van der Waals surface area contributed by atoms with Crippen molar-refractivity contribution in [3.63, 3.8) is 0 Å². The average Bonchev–Trinajstić information content (AvgIpc) is 3.39. The Hall–Kier alpha value is -1.60. The summed E-state index contributed by atoms with van der Waals surface area (Å²) in [5, 5.41) is 3.06. The maximum atomic E-state index is 2.72.